The summed E-state index contributed by atoms with van der Waals surface area (Å²) in [4.78, 5) is 12.0. The molecule has 0 spiro atoms. The van der Waals surface area contributed by atoms with Gasteiger partial charge in [0.25, 0.3) is 0 Å². The first-order chi connectivity index (χ1) is 18.3. The molecule has 0 aliphatic carbocycles. The van der Waals surface area contributed by atoms with Gasteiger partial charge in [-0.3, -0.25) is 4.79 Å². The molecule has 2 aromatic rings. The molecule has 2 aromatic carbocycles. The lowest BCUT2D eigenvalue weighted by Gasteiger charge is -2.14. The normalized spacial score (nSPS) is 10.7. The van der Waals surface area contributed by atoms with Crippen LogP contribution in [0.25, 0.3) is 0 Å². The zero-order valence-electron chi connectivity index (χ0n) is 24.6. The number of esters is 1. The Kier molecular flexibility index (Phi) is 18.8. The minimum Gasteiger partial charge on any atom is -0.420 e. The maximum Gasteiger partial charge on any atom is 0.311 e. The molecule has 0 radical (unpaired) electrons. The molecular formula is C31H42F6O2. The number of benzene rings is 2. The van der Waals surface area contributed by atoms with Crippen molar-refractivity contribution in [2.75, 3.05) is 0 Å². The predicted octanol–water partition coefficient (Wildman–Crippen LogP) is 9.79. The van der Waals surface area contributed by atoms with E-state index in [0.29, 0.717) is 12.8 Å². The minimum atomic E-state index is -1.56. The zero-order chi connectivity index (χ0) is 31.0. The van der Waals surface area contributed by atoms with E-state index >= 15 is 0 Å². The monoisotopic (exact) mass is 560 g/mol. The van der Waals surface area contributed by atoms with E-state index in [0.717, 1.165) is 0 Å². The van der Waals surface area contributed by atoms with Gasteiger partial charge in [0, 0.05) is 12.0 Å². The van der Waals surface area contributed by atoms with Crippen molar-refractivity contribution in [3.05, 3.63) is 62.7 Å². The number of hydrogen-bond acceptors (Lipinski definition) is 2. The molecule has 1 atom stereocenters. The Bertz CT molecular complexity index is 1030. The Labute approximate surface area is 230 Å². The van der Waals surface area contributed by atoms with Crippen molar-refractivity contribution in [3.63, 3.8) is 0 Å². The summed E-state index contributed by atoms with van der Waals surface area (Å²) in [6, 6.07) is 0. The first-order valence-electron chi connectivity index (χ1n) is 13.1. The molecule has 0 amide bonds. The second-order valence-electron chi connectivity index (χ2n) is 8.91. The maximum absolute atomic E-state index is 14.3. The van der Waals surface area contributed by atoms with Gasteiger partial charge in [0.2, 0.25) is 11.6 Å². The van der Waals surface area contributed by atoms with Crippen molar-refractivity contribution in [2.45, 2.75) is 101 Å². The Morgan fingerprint density at radius 3 is 1.62 bits per heavy atom. The molecular weight excluding hydrogens is 518 g/mol. The third kappa shape index (κ3) is 10.6. The zero-order valence-corrected chi connectivity index (χ0v) is 24.6. The van der Waals surface area contributed by atoms with Crippen molar-refractivity contribution in [1.82, 2.24) is 0 Å². The molecule has 1 unspecified atom stereocenters. The molecule has 0 saturated carbocycles. The Balaban J connectivity index is 0. The summed E-state index contributed by atoms with van der Waals surface area (Å²) in [5.74, 6) is -9.05. The van der Waals surface area contributed by atoms with E-state index in [1.807, 2.05) is 13.8 Å². The summed E-state index contributed by atoms with van der Waals surface area (Å²) in [6.07, 6.45) is 10.2. The van der Waals surface area contributed by atoms with E-state index in [1.54, 1.807) is 6.92 Å². The molecule has 2 rings (SSSR count). The molecule has 0 fully saturated rings. The highest BCUT2D eigenvalue weighted by molar-refractivity contribution is 5.72. The van der Waals surface area contributed by atoms with Gasteiger partial charge in [-0.1, -0.05) is 47.5 Å². The number of carbonyl (C=O) groups excluding carboxylic acids is 1. The van der Waals surface area contributed by atoms with Gasteiger partial charge in [-0.2, -0.15) is 4.39 Å². The first kappa shape index (κ1) is 38.2. The Hall–Kier alpha value is -2.95. The lowest BCUT2D eigenvalue weighted by atomic mass is 9.95. The van der Waals surface area contributed by atoms with Crippen LogP contribution in [0, 0.1) is 81.4 Å². The van der Waals surface area contributed by atoms with Crippen LogP contribution < -0.4 is 4.74 Å². The fourth-order valence-electron chi connectivity index (χ4n) is 3.42. The summed E-state index contributed by atoms with van der Waals surface area (Å²) in [7, 11) is 0. The summed E-state index contributed by atoms with van der Waals surface area (Å²) < 4.78 is 88.8. The number of terminal acetylenes is 1. The minimum absolute atomic E-state index is 0.0111. The molecule has 0 saturated heterocycles. The van der Waals surface area contributed by atoms with Gasteiger partial charge in [-0.25, -0.2) is 22.0 Å². The number of hydrogen-bond donors (Lipinski definition) is 0. The molecule has 2 nitrogen and oxygen atoms in total. The molecule has 0 N–H and O–H groups in total. The van der Waals surface area contributed by atoms with Crippen LogP contribution in [0.2, 0.25) is 0 Å². The third-order valence-corrected chi connectivity index (χ3v) is 5.94. The number of halogens is 6. The van der Waals surface area contributed by atoms with Crippen LogP contribution in [-0.2, 0) is 11.2 Å². The van der Waals surface area contributed by atoms with Crippen molar-refractivity contribution in [2.24, 2.45) is 5.92 Å². The summed E-state index contributed by atoms with van der Waals surface area (Å²) in [6.45, 7) is 15.2. The smallest absolute Gasteiger partial charge is 0.311 e. The van der Waals surface area contributed by atoms with E-state index < -0.39 is 46.6 Å². The SMILES string of the molecule is C#C.CC.CCC.Cc1c(C)c(F)c(CCCC(C)CCC(=O)Oc2c(F)c(C)c(C)c(F)c2F)c(F)c1F. The molecule has 39 heavy (non-hydrogen) atoms. The number of ether oxygens (including phenoxy) is 1. The van der Waals surface area contributed by atoms with Gasteiger partial charge in [0.1, 0.15) is 5.82 Å². The van der Waals surface area contributed by atoms with Crippen LogP contribution >= 0.6 is 0 Å². The average Bonchev–Trinajstić information content (AvgIpc) is 2.94. The maximum atomic E-state index is 14.3. The van der Waals surface area contributed by atoms with Gasteiger partial charge in [0.15, 0.2) is 23.3 Å². The van der Waals surface area contributed by atoms with Crippen molar-refractivity contribution >= 4 is 5.97 Å². The van der Waals surface area contributed by atoms with Crippen LogP contribution in [0.15, 0.2) is 0 Å². The van der Waals surface area contributed by atoms with Crippen molar-refractivity contribution < 1.29 is 35.9 Å². The van der Waals surface area contributed by atoms with E-state index in [9.17, 15) is 31.1 Å². The topological polar surface area (TPSA) is 26.3 Å². The molecule has 8 heteroatoms. The standard InChI is InChI=1S/C24H26F6O2.C3H8.C2H6.C2H2/c1-11(7-6-8-16-18(25)12(2)13(3)19(26)22(16)29)9-10-17(31)32-24-21(28)15(5)14(4)20(27)23(24)30;1-3-2;2*1-2/h11H,6-10H2,1-5H3;3H2,1-2H3;1-2H3;1-2H. The molecule has 0 aromatic heterocycles. The fourth-order valence-corrected chi connectivity index (χ4v) is 3.42. The summed E-state index contributed by atoms with van der Waals surface area (Å²) >= 11 is 0. The highest BCUT2D eigenvalue weighted by Crippen LogP contribution is 2.31. The van der Waals surface area contributed by atoms with E-state index in [-0.39, 0.29) is 53.0 Å². The highest BCUT2D eigenvalue weighted by Gasteiger charge is 2.24. The molecule has 0 bridgehead atoms. The van der Waals surface area contributed by atoms with Gasteiger partial charge in [-0.15, -0.1) is 12.8 Å². The molecule has 0 aliphatic heterocycles. The highest BCUT2D eigenvalue weighted by atomic mass is 19.2. The number of rotatable bonds is 8. The van der Waals surface area contributed by atoms with E-state index in [2.05, 4.69) is 26.7 Å². The van der Waals surface area contributed by atoms with Gasteiger partial charge >= 0.3 is 5.97 Å². The largest absolute Gasteiger partial charge is 0.420 e. The van der Waals surface area contributed by atoms with Crippen LogP contribution in [0.4, 0.5) is 26.3 Å². The lowest BCUT2D eigenvalue weighted by Crippen LogP contribution is -2.14. The molecule has 220 valence electrons. The Morgan fingerprint density at radius 1 is 0.718 bits per heavy atom. The summed E-state index contributed by atoms with van der Waals surface area (Å²) in [5.41, 5.74) is -0.656. The van der Waals surface area contributed by atoms with E-state index in [4.69, 9.17) is 4.74 Å². The van der Waals surface area contributed by atoms with Crippen LogP contribution in [0.3, 0.4) is 0 Å². The first-order valence-corrected chi connectivity index (χ1v) is 13.1. The quantitative estimate of drug-likeness (QED) is 0.106. The van der Waals surface area contributed by atoms with Crippen LogP contribution in [-0.4, -0.2) is 5.97 Å². The van der Waals surface area contributed by atoms with Gasteiger partial charge < -0.3 is 4.74 Å². The van der Waals surface area contributed by atoms with Gasteiger partial charge in [0.05, 0.1) is 0 Å². The fraction of sp³-hybridized carbons (Fsp3) is 0.516. The second-order valence-corrected chi connectivity index (χ2v) is 8.91. The second kappa shape index (κ2) is 19.2. The average molecular weight is 561 g/mol. The lowest BCUT2D eigenvalue weighted by molar-refractivity contribution is -0.135. The van der Waals surface area contributed by atoms with E-state index in [1.165, 1.54) is 34.1 Å². The van der Waals surface area contributed by atoms with Crippen LogP contribution in [0.1, 0.15) is 94.5 Å². The van der Waals surface area contributed by atoms with Crippen LogP contribution in [0.5, 0.6) is 5.75 Å². The predicted molar refractivity (Wildman–Crippen MR) is 146 cm³/mol. The Morgan fingerprint density at radius 2 is 1.13 bits per heavy atom. The third-order valence-electron chi connectivity index (χ3n) is 5.94. The number of carbonyl (C=O) groups is 1. The van der Waals surface area contributed by atoms with Crippen molar-refractivity contribution in [1.29, 1.82) is 0 Å². The van der Waals surface area contributed by atoms with Gasteiger partial charge in [-0.05, 0) is 75.1 Å². The summed E-state index contributed by atoms with van der Waals surface area (Å²) in [5, 5.41) is 0. The molecule has 0 heterocycles. The van der Waals surface area contributed by atoms with Crippen molar-refractivity contribution in [3.8, 4) is 18.6 Å². The molecule has 0 aliphatic rings.